The van der Waals surface area contributed by atoms with Crippen LogP contribution < -0.4 is 0 Å². The molecular weight excluding hydrogens is 254 g/mol. The molecule has 0 spiro atoms. The van der Waals surface area contributed by atoms with Gasteiger partial charge in [0.05, 0.1) is 0 Å². The highest BCUT2D eigenvalue weighted by Gasteiger charge is 2.21. The molecule has 0 amide bonds. The molecule has 0 aromatic carbocycles. The van der Waals surface area contributed by atoms with Gasteiger partial charge in [-0.05, 0) is 39.5 Å². The van der Waals surface area contributed by atoms with E-state index in [9.17, 15) is 0 Å². The fraction of sp³-hybridized carbons (Fsp3) is 0.750. The monoisotopic (exact) mass is 273 g/mol. The molecule has 0 unspecified atom stereocenters. The molecule has 0 atom stereocenters. The van der Waals surface area contributed by atoms with Crippen LogP contribution in [0.3, 0.4) is 0 Å². The van der Waals surface area contributed by atoms with Gasteiger partial charge in [0, 0.05) is 23.7 Å². The van der Waals surface area contributed by atoms with E-state index in [4.69, 9.17) is 11.6 Å². The Balaban J connectivity index is 1.82. The first-order valence-corrected chi connectivity index (χ1v) is 7.41. The summed E-state index contributed by atoms with van der Waals surface area (Å²) in [6.07, 6.45) is 4.44. The quantitative estimate of drug-likeness (QED) is 0.841. The lowest BCUT2D eigenvalue weighted by molar-refractivity contribution is 0.128. The Hall–Kier alpha value is -0.160. The largest absolute Gasteiger partial charge is 0.303 e. The number of rotatable bonds is 4. The van der Waals surface area contributed by atoms with Crippen LogP contribution in [0.25, 0.3) is 0 Å². The second-order valence-corrected chi connectivity index (χ2v) is 6.36. The maximum Gasteiger partial charge on any atom is 0.183 e. The van der Waals surface area contributed by atoms with E-state index in [0.717, 1.165) is 6.54 Å². The second kappa shape index (κ2) is 6.14. The van der Waals surface area contributed by atoms with Crippen LogP contribution in [-0.4, -0.2) is 47.5 Å². The van der Waals surface area contributed by atoms with Crippen molar-refractivity contribution >= 4 is 22.9 Å². The summed E-state index contributed by atoms with van der Waals surface area (Å²) >= 11 is 7.44. The van der Waals surface area contributed by atoms with Crippen molar-refractivity contribution in [2.24, 2.45) is 0 Å². The van der Waals surface area contributed by atoms with E-state index in [-0.39, 0.29) is 0 Å². The van der Waals surface area contributed by atoms with E-state index in [2.05, 4.69) is 28.8 Å². The highest BCUT2D eigenvalue weighted by atomic mass is 35.5. The van der Waals surface area contributed by atoms with Crippen molar-refractivity contribution in [1.82, 2.24) is 14.8 Å². The third kappa shape index (κ3) is 3.65. The molecule has 1 aliphatic heterocycles. The van der Waals surface area contributed by atoms with Gasteiger partial charge in [-0.15, -0.1) is 11.3 Å². The molecule has 0 N–H and O–H groups in total. The minimum Gasteiger partial charge on any atom is -0.303 e. The molecule has 2 heterocycles. The highest BCUT2D eigenvalue weighted by molar-refractivity contribution is 7.15. The van der Waals surface area contributed by atoms with E-state index in [1.54, 1.807) is 11.3 Å². The van der Waals surface area contributed by atoms with Crippen molar-refractivity contribution in [3.05, 3.63) is 15.5 Å². The predicted molar refractivity (Wildman–Crippen MR) is 73.7 cm³/mol. The molecule has 96 valence electrons. The standard InChI is InChI=1S/C12H20ClN3S/c1-3-16-6-4-10(5-7-16)15(2)9-11-8-14-12(13)17-11/h8,10H,3-7,9H2,1-2H3. The van der Waals surface area contributed by atoms with Gasteiger partial charge in [0.1, 0.15) is 0 Å². The molecule has 1 fully saturated rings. The summed E-state index contributed by atoms with van der Waals surface area (Å²) in [5, 5.41) is 0. The summed E-state index contributed by atoms with van der Waals surface area (Å²) < 4.78 is 0.647. The van der Waals surface area contributed by atoms with Gasteiger partial charge in [-0.3, -0.25) is 4.90 Å². The van der Waals surface area contributed by atoms with E-state index in [1.165, 1.54) is 37.4 Å². The SMILES string of the molecule is CCN1CCC(N(C)Cc2cnc(Cl)s2)CC1. The van der Waals surface area contributed by atoms with Gasteiger partial charge in [-0.2, -0.15) is 0 Å². The van der Waals surface area contributed by atoms with E-state index < -0.39 is 0 Å². The number of hydrogen-bond donors (Lipinski definition) is 0. The van der Waals surface area contributed by atoms with Crippen molar-refractivity contribution in [2.75, 3.05) is 26.7 Å². The van der Waals surface area contributed by atoms with Crippen molar-refractivity contribution in [2.45, 2.75) is 32.4 Å². The van der Waals surface area contributed by atoms with Crippen molar-refractivity contribution in [1.29, 1.82) is 0 Å². The molecule has 3 nitrogen and oxygen atoms in total. The maximum absolute atomic E-state index is 5.85. The Labute approximate surface area is 112 Å². The van der Waals surface area contributed by atoms with Gasteiger partial charge in [0.2, 0.25) is 0 Å². The molecule has 1 aromatic rings. The van der Waals surface area contributed by atoms with Gasteiger partial charge in [-0.1, -0.05) is 18.5 Å². The Morgan fingerprint density at radius 2 is 2.24 bits per heavy atom. The average Bonchev–Trinajstić information content (AvgIpc) is 2.75. The van der Waals surface area contributed by atoms with E-state index >= 15 is 0 Å². The molecule has 0 aliphatic carbocycles. The Bertz CT molecular complexity index is 347. The number of nitrogens with zero attached hydrogens (tertiary/aromatic N) is 3. The number of likely N-dealkylation sites (tertiary alicyclic amines) is 1. The van der Waals surface area contributed by atoms with Gasteiger partial charge >= 0.3 is 0 Å². The number of thiazole rings is 1. The first-order valence-electron chi connectivity index (χ1n) is 6.22. The highest BCUT2D eigenvalue weighted by Crippen LogP contribution is 2.22. The summed E-state index contributed by atoms with van der Waals surface area (Å²) in [7, 11) is 2.21. The minimum atomic E-state index is 0.647. The Morgan fingerprint density at radius 1 is 1.53 bits per heavy atom. The molecule has 1 aliphatic rings. The molecule has 0 bridgehead atoms. The zero-order valence-corrected chi connectivity index (χ0v) is 12.1. The lowest BCUT2D eigenvalue weighted by Gasteiger charge is -2.36. The van der Waals surface area contributed by atoms with Crippen LogP contribution in [-0.2, 0) is 6.54 Å². The second-order valence-electron chi connectivity index (χ2n) is 4.66. The summed E-state index contributed by atoms with van der Waals surface area (Å²) in [5.74, 6) is 0. The predicted octanol–water partition coefficient (Wildman–Crippen LogP) is 2.71. The van der Waals surface area contributed by atoms with Crippen LogP contribution >= 0.6 is 22.9 Å². The van der Waals surface area contributed by atoms with Crippen molar-refractivity contribution in [3.8, 4) is 0 Å². The molecule has 1 saturated heterocycles. The topological polar surface area (TPSA) is 19.4 Å². The molecule has 0 radical (unpaired) electrons. The van der Waals surface area contributed by atoms with Crippen molar-refractivity contribution < 1.29 is 0 Å². The van der Waals surface area contributed by atoms with Crippen LogP contribution in [0.15, 0.2) is 6.20 Å². The first-order chi connectivity index (χ1) is 8.19. The molecule has 5 heteroatoms. The first kappa shape index (κ1) is 13.3. The van der Waals surface area contributed by atoms with Crippen LogP contribution in [0.4, 0.5) is 0 Å². The third-order valence-corrected chi connectivity index (χ3v) is 4.66. The smallest absolute Gasteiger partial charge is 0.183 e. The fourth-order valence-electron chi connectivity index (χ4n) is 2.41. The van der Waals surface area contributed by atoms with Crippen LogP contribution in [0.1, 0.15) is 24.6 Å². The zero-order valence-electron chi connectivity index (χ0n) is 10.5. The average molecular weight is 274 g/mol. The molecule has 17 heavy (non-hydrogen) atoms. The van der Waals surface area contributed by atoms with Gasteiger partial charge in [0.25, 0.3) is 0 Å². The van der Waals surface area contributed by atoms with E-state index in [0.29, 0.717) is 10.5 Å². The number of piperidine rings is 1. The number of aromatic nitrogens is 1. The summed E-state index contributed by atoms with van der Waals surface area (Å²) in [6, 6.07) is 0.707. The number of hydrogen-bond acceptors (Lipinski definition) is 4. The Kier molecular flexibility index (Phi) is 4.79. The molecule has 2 rings (SSSR count). The lowest BCUT2D eigenvalue weighted by atomic mass is 10.0. The minimum absolute atomic E-state index is 0.647. The summed E-state index contributed by atoms with van der Waals surface area (Å²) in [4.78, 5) is 10.3. The van der Waals surface area contributed by atoms with Crippen LogP contribution in [0.2, 0.25) is 4.47 Å². The van der Waals surface area contributed by atoms with E-state index in [1.807, 2.05) is 6.20 Å². The van der Waals surface area contributed by atoms with Crippen molar-refractivity contribution in [3.63, 3.8) is 0 Å². The normalized spacial score (nSPS) is 19.1. The summed E-state index contributed by atoms with van der Waals surface area (Å²) in [5.41, 5.74) is 0. The number of halogens is 1. The van der Waals surface area contributed by atoms with Gasteiger partial charge in [0.15, 0.2) is 4.47 Å². The third-order valence-electron chi connectivity index (χ3n) is 3.56. The zero-order chi connectivity index (χ0) is 12.3. The summed E-state index contributed by atoms with van der Waals surface area (Å²) in [6.45, 7) is 6.86. The Morgan fingerprint density at radius 3 is 2.76 bits per heavy atom. The van der Waals surface area contributed by atoms with Crippen LogP contribution in [0, 0.1) is 0 Å². The van der Waals surface area contributed by atoms with Gasteiger partial charge < -0.3 is 4.90 Å². The van der Waals surface area contributed by atoms with Crippen LogP contribution in [0.5, 0.6) is 0 Å². The fourth-order valence-corrected chi connectivity index (χ4v) is 3.45. The molecule has 1 aromatic heterocycles. The molecule has 0 saturated carbocycles. The lowest BCUT2D eigenvalue weighted by Crippen LogP contribution is -2.42. The maximum atomic E-state index is 5.85. The molecular formula is C12H20ClN3S. The van der Waals surface area contributed by atoms with Gasteiger partial charge in [-0.25, -0.2) is 4.98 Å².